The van der Waals surface area contributed by atoms with Crippen molar-refractivity contribution in [3.8, 4) is 22.7 Å². The number of ether oxygens (including phenoxy) is 2. The third-order valence-electron chi connectivity index (χ3n) is 8.04. The molecule has 0 bridgehead atoms. The molecule has 0 atom stereocenters. The van der Waals surface area contributed by atoms with Crippen LogP contribution in [0.5, 0.6) is 0 Å². The van der Waals surface area contributed by atoms with Gasteiger partial charge >= 0.3 is 23.6 Å². The van der Waals surface area contributed by atoms with E-state index in [1.54, 1.807) is 107 Å². The summed E-state index contributed by atoms with van der Waals surface area (Å²) in [6.07, 6.45) is -1.46. The molecule has 0 aliphatic carbocycles. The van der Waals surface area contributed by atoms with E-state index in [9.17, 15) is 28.8 Å². The molecule has 2 aromatic heterocycles. The van der Waals surface area contributed by atoms with Gasteiger partial charge in [-0.25, -0.2) is 37.4 Å². The molecule has 0 aliphatic heterocycles. The van der Waals surface area contributed by atoms with Crippen LogP contribution in [0.15, 0.2) is 152 Å². The van der Waals surface area contributed by atoms with Crippen LogP contribution in [0.25, 0.3) is 22.7 Å². The molecule has 6 aromatic rings. The van der Waals surface area contributed by atoms with Crippen LogP contribution in [0.1, 0.15) is 34.3 Å². The van der Waals surface area contributed by atoms with E-state index >= 15 is 0 Å². The summed E-state index contributed by atoms with van der Waals surface area (Å²) >= 11 is 9.46. The number of rotatable bonds is 9. The molecular weight excluding hydrogens is 833 g/mol. The van der Waals surface area contributed by atoms with Gasteiger partial charge in [0, 0.05) is 20.2 Å². The van der Waals surface area contributed by atoms with E-state index in [0.717, 1.165) is 9.13 Å². The van der Waals surface area contributed by atoms with Crippen molar-refractivity contribution in [2.24, 2.45) is 4.99 Å². The van der Waals surface area contributed by atoms with Gasteiger partial charge < -0.3 is 20.1 Å². The van der Waals surface area contributed by atoms with Crippen molar-refractivity contribution >= 4 is 58.4 Å². The molecule has 0 aliphatic rings. The minimum atomic E-state index is -0.785. The van der Waals surface area contributed by atoms with Gasteiger partial charge in [-0.05, 0) is 74.6 Å². The highest BCUT2D eigenvalue weighted by atomic mass is 32.1. The Balaban J connectivity index is 0.000000363. The Labute approximate surface area is 368 Å². The van der Waals surface area contributed by atoms with Crippen molar-refractivity contribution in [1.82, 2.24) is 23.6 Å². The molecule has 324 valence electrons. The molecule has 62 heavy (non-hydrogen) atoms. The second-order valence-corrected chi connectivity index (χ2v) is 12.3. The monoisotopic (exact) mass is 880 g/mol. The lowest BCUT2D eigenvalue weighted by Gasteiger charge is -2.19. The third kappa shape index (κ3) is 12.5. The summed E-state index contributed by atoms with van der Waals surface area (Å²) in [5.41, 5.74) is 0.0897. The van der Waals surface area contributed by atoms with Gasteiger partial charge in [0.2, 0.25) is 0 Å². The number of amides is 2. The number of aliphatic imine (C=N–C) groups is 1. The molecule has 0 fully saturated rings. The van der Waals surface area contributed by atoms with Crippen LogP contribution in [0.4, 0.5) is 21.2 Å². The Morgan fingerprint density at radius 2 is 1.05 bits per heavy atom. The van der Waals surface area contributed by atoms with Crippen LogP contribution < -0.4 is 38.4 Å². The predicted octanol–water partition coefficient (Wildman–Crippen LogP) is 7.00. The van der Waals surface area contributed by atoms with E-state index in [2.05, 4.69) is 37.9 Å². The van der Waals surface area contributed by atoms with Crippen molar-refractivity contribution in [3.63, 3.8) is 0 Å². The van der Waals surface area contributed by atoms with Crippen molar-refractivity contribution in [2.45, 2.75) is 28.7 Å². The first-order valence-corrected chi connectivity index (χ1v) is 18.9. The number of aromatic nitrogens is 4. The van der Waals surface area contributed by atoms with Crippen LogP contribution in [0.3, 0.4) is 0 Å². The molecule has 2 amide bonds. The van der Waals surface area contributed by atoms with Crippen molar-refractivity contribution in [1.29, 1.82) is 0 Å². The third-order valence-corrected chi connectivity index (χ3v) is 8.43. The van der Waals surface area contributed by atoms with E-state index in [4.69, 9.17) is 17.0 Å². The average molecular weight is 881 g/mol. The number of isothiocyanates is 1. The quantitative estimate of drug-likeness (QED) is 0.0998. The molecule has 3 N–H and O–H groups in total. The summed E-state index contributed by atoms with van der Waals surface area (Å²) in [7, 11) is 3.25. The number of benzene rings is 4. The van der Waals surface area contributed by atoms with Crippen molar-refractivity contribution < 1.29 is 19.1 Å². The number of nitrogens with one attached hydrogen (secondary N) is 3. The first-order valence-electron chi connectivity index (χ1n) is 18.1. The number of carbonyl (C=O) groups excluding carboxylic acids is 2. The highest BCUT2D eigenvalue weighted by Gasteiger charge is 2.24. The molecule has 0 spiro atoms. The Morgan fingerprint density at radius 3 is 1.47 bits per heavy atom. The van der Waals surface area contributed by atoms with Gasteiger partial charge in [0.25, 0.3) is 11.1 Å². The normalized spacial score (nSPS) is 9.61. The van der Waals surface area contributed by atoms with Gasteiger partial charge in [-0.15, -0.1) is 4.99 Å². The molecular formula is C44H48N8O8S2. The van der Waals surface area contributed by atoms with Crippen molar-refractivity contribution in [3.05, 3.63) is 175 Å². The van der Waals surface area contributed by atoms with Crippen molar-refractivity contribution in [2.75, 3.05) is 37.9 Å². The van der Waals surface area contributed by atoms with Crippen LogP contribution in [-0.4, -0.2) is 67.9 Å². The van der Waals surface area contributed by atoms with Gasteiger partial charge in [-0.1, -0.05) is 99.9 Å². The molecule has 4 aromatic carbocycles. The first kappa shape index (κ1) is 50.6. The minimum Gasteiger partial charge on any atom is -0.450 e. The fourth-order valence-corrected chi connectivity index (χ4v) is 5.90. The minimum absolute atomic E-state index is 0. The zero-order valence-electron chi connectivity index (χ0n) is 32.9. The van der Waals surface area contributed by atoms with Crippen LogP contribution in [-0.2, 0) is 9.47 Å². The largest absolute Gasteiger partial charge is 0.450 e. The van der Waals surface area contributed by atoms with Crippen LogP contribution in [0, 0.1) is 0 Å². The maximum atomic E-state index is 13.4. The molecule has 16 nitrogen and oxygen atoms in total. The second kappa shape index (κ2) is 25.2. The number of para-hydroxylation sites is 4. The summed E-state index contributed by atoms with van der Waals surface area (Å²) in [5.74, 6) is 0.610. The zero-order valence-corrected chi connectivity index (χ0v) is 34.5. The number of nitrogens with zero attached hydrogens (tertiary/aromatic N) is 5. The second-order valence-electron chi connectivity index (χ2n) is 11.7. The zero-order chi connectivity index (χ0) is 43.6. The Bertz CT molecular complexity index is 2720. The average Bonchev–Trinajstić information content (AvgIpc) is 3.25. The molecule has 6 rings (SSSR count). The standard InChI is InChI=1S/C21H20N4O4S.C17H15N3O2.C4H5NO2S.2CH4/c1-3-29-20(27)23-18(30)16-17(22-2)24(14-10-6-4-7-11-14)21(28)25(19(16)26)15-12-8-5-9-13-15;1-18-15-12-16(21)20(14-10-6-3-7-11-14)17(22)19(15)13-8-4-2-5-9-13;1-2-7-4(6)5-3-8;;/h4-13,22H,3H2,1-2H3,(H,23,27,30);2-12,18H,1H3;2H2,1H3;2*1H4. The fraction of sp³-hybridized carbons (Fsp3) is 0.182. The van der Waals surface area contributed by atoms with E-state index in [-0.39, 0.29) is 43.4 Å². The number of thiocarbonyl (C=S) groups is 2. The number of anilines is 2. The molecule has 0 saturated heterocycles. The number of hydrogen-bond acceptors (Lipinski definition) is 12. The Hall–Kier alpha value is -7.53. The van der Waals surface area contributed by atoms with Gasteiger partial charge in [0.15, 0.2) is 0 Å². The van der Waals surface area contributed by atoms with Crippen LogP contribution >= 0.6 is 24.4 Å². The fourth-order valence-electron chi connectivity index (χ4n) is 5.55. The maximum Gasteiger partial charge on any atom is 0.442 e. The van der Waals surface area contributed by atoms with Gasteiger partial charge in [0.1, 0.15) is 22.2 Å². The lowest BCUT2D eigenvalue weighted by molar-refractivity contribution is 0.158. The topological polar surface area (TPSA) is 189 Å². The summed E-state index contributed by atoms with van der Waals surface area (Å²) in [4.78, 5) is 76.8. The summed E-state index contributed by atoms with van der Waals surface area (Å²) in [6.45, 7) is 3.81. The predicted molar refractivity (Wildman–Crippen MR) is 252 cm³/mol. The lowest BCUT2D eigenvalue weighted by Crippen LogP contribution is -2.45. The lowest BCUT2D eigenvalue weighted by atomic mass is 10.2. The Morgan fingerprint density at radius 1 is 0.629 bits per heavy atom. The molecule has 0 radical (unpaired) electrons. The van der Waals surface area contributed by atoms with E-state index in [1.165, 1.54) is 15.2 Å². The summed E-state index contributed by atoms with van der Waals surface area (Å²) in [5, 5.41) is 10.1. The molecule has 18 heteroatoms. The highest BCUT2D eigenvalue weighted by molar-refractivity contribution is 7.80. The molecule has 2 heterocycles. The first-order chi connectivity index (χ1) is 29.0. The van der Waals surface area contributed by atoms with Gasteiger partial charge in [-0.3, -0.25) is 14.9 Å². The summed E-state index contributed by atoms with van der Waals surface area (Å²) < 4.78 is 14.2. The number of hydrogen-bond donors (Lipinski definition) is 3. The smallest absolute Gasteiger partial charge is 0.442 e. The number of carbonyl (C=O) groups is 2. The molecule has 0 saturated carbocycles. The van der Waals surface area contributed by atoms with E-state index in [1.807, 2.05) is 47.6 Å². The summed E-state index contributed by atoms with van der Waals surface area (Å²) in [6, 6.07) is 36.8. The Kier molecular flexibility index (Phi) is 20.6. The SMILES string of the molecule is C.C.CCOC(=O)N=C=S.CCOC(=O)NC(=S)c1c(NC)n(-c2ccccc2)c(=O)n(-c2ccccc2)c1=O.CNc1cc(=O)n(-c2ccccc2)c(=O)n1-c1ccccc1. The van der Waals surface area contributed by atoms with Gasteiger partial charge in [0.05, 0.1) is 41.1 Å². The highest BCUT2D eigenvalue weighted by Crippen LogP contribution is 2.18. The maximum absolute atomic E-state index is 13.4. The van der Waals surface area contributed by atoms with Crippen LogP contribution in [0.2, 0.25) is 0 Å². The van der Waals surface area contributed by atoms with Gasteiger partial charge in [-0.2, -0.15) is 0 Å². The van der Waals surface area contributed by atoms with E-state index < -0.39 is 29.1 Å². The van der Waals surface area contributed by atoms with E-state index in [0.29, 0.717) is 35.2 Å². The molecule has 0 unspecified atom stereocenters. The number of alkyl carbamates (subject to hydrolysis) is 1.